The number of halogens is 2. The largest absolute Gasteiger partial charge is 0.332 e. The number of benzene rings is 2. The summed E-state index contributed by atoms with van der Waals surface area (Å²) < 4.78 is 18.6. The molecule has 4 aromatic rings. The maximum Gasteiger partial charge on any atom is 0.332 e. The summed E-state index contributed by atoms with van der Waals surface area (Å²) in [7, 11) is 1.57. The molecule has 0 spiro atoms. The van der Waals surface area contributed by atoms with E-state index < -0.39 is 17.1 Å². The molecule has 5 rings (SSSR count). The van der Waals surface area contributed by atoms with Crippen molar-refractivity contribution >= 4 is 34.4 Å². The molecule has 3 heterocycles. The van der Waals surface area contributed by atoms with Crippen molar-refractivity contribution in [3.05, 3.63) is 85.3 Å². The van der Waals surface area contributed by atoms with Crippen LogP contribution < -0.4 is 16.1 Å². The van der Waals surface area contributed by atoms with Crippen LogP contribution in [0, 0.1) is 18.7 Å². The summed E-state index contributed by atoms with van der Waals surface area (Å²) in [6.07, 6.45) is 0. The fraction of sp³-hybridized carbons (Fsp3) is 0.292. The first-order valence-electron chi connectivity index (χ1n) is 10.7. The van der Waals surface area contributed by atoms with Gasteiger partial charge in [0.2, 0.25) is 5.95 Å². The summed E-state index contributed by atoms with van der Waals surface area (Å²) in [4.78, 5) is 33.4. The molecule has 2 aromatic heterocycles. The third kappa shape index (κ3) is 3.45. The van der Waals surface area contributed by atoms with Gasteiger partial charge >= 0.3 is 5.69 Å². The minimum atomic E-state index is -0.572. The molecule has 33 heavy (non-hydrogen) atoms. The van der Waals surface area contributed by atoms with E-state index in [2.05, 4.69) is 11.8 Å². The Morgan fingerprint density at radius 1 is 1.12 bits per heavy atom. The van der Waals surface area contributed by atoms with Crippen molar-refractivity contribution in [1.29, 1.82) is 0 Å². The average Bonchev–Trinajstić information content (AvgIpc) is 3.16. The predicted octanol–water partition coefficient (Wildman–Crippen LogP) is 3.83. The number of aromatic nitrogens is 4. The van der Waals surface area contributed by atoms with Crippen LogP contribution in [0.5, 0.6) is 0 Å². The van der Waals surface area contributed by atoms with Gasteiger partial charge in [-0.1, -0.05) is 42.3 Å². The first-order chi connectivity index (χ1) is 15.8. The molecule has 170 valence electrons. The van der Waals surface area contributed by atoms with E-state index in [0.717, 1.165) is 22.4 Å². The van der Waals surface area contributed by atoms with Crippen molar-refractivity contribution in [3.63, 3.8) is 0 Å². The average molecular weight is 468 g/mol. The van der Waals surface area contributed by atoms with Crippen LogP contribution >= 0.6 is 11.6 Å². The zero-order chi connectivity index (χ0) is 23.4. The molecule has 0 N–H and O–H groups in total. The van der Waals surface area contributed by atoms with Crippen LogP contribution in [0.3, 0.4) is 0 Å². The lowest BCUT2D eigenvalue weighted by molar-refractivity contribution is 0.458. The molecule has 0 bridgehead atoms. The zero-order valence-electron chi connectivity index (χ0n) is 18.5. The number of anilines is 2. The second-order valence-electron chi connectivity index (χ2n) is 8.68. The Morgan fingerprint density at radius 3 is 2.55 bits per heavy atom. The highest BCUT2D eigenvalue weighted by Crippen LogP contribution is 2.33. The number of hydrogen-bond acceptors (Lipinski definition) is 4. The summed E-state index contributed by atoms with van der Waals surface area (Å²) in [5.41, 5.74) is 1.76. The predicted molar refractivity (Wildman–Crippen MR) is 127 cm³/mol. The van der Waals surface area contributed by atoms with E-state index in [1.165, 1.54) is 22.8 Å². The SMILES string of the molecule is Cc1ccc(N2CC(C)Cn3c2nc2c3c(=O)n(Cc3c(F)cccc3Cl)c(=O)n2C)cc1. The van der Waals surface area contributed by atoms with E-state index in [1.54, 1.807) is 7.05 Å². The van der Waals surface area contributed by atoms with Gasteiger partial charge in [-0.2, -0.15) is 4.98 Å². The smallest absolute Gasteiger partial charge is 0.312 e. The molecule has 1 atom stereocenters. The molecule has 0 amide bonds. The monoisotopic (exact) mass is 467 g/mol. The van der Waals surface area contributed by atoms with Gasteiger partial charge in [0.15, 0.2) is 11.2 Å². The first kappa shape index (κ1) is 21.5. The third-order valence-electron chi connectivity index (χ3n) is 6.17. The van der Waals surface area contributed by atoms with Gasteiger partial charge in [-0.3, -0.25) is 13.9 Å². The Hall–Kier alpha value is -3.39. The minimum absolute atomic E-state index is 0.103. The summed E-state index contributed by atoms with van der Waals surface area (Å²) >= 11 is 6.17. The number of fused-ring (bicyclic) bond motifs is 3. The highest BCUT2D eigenvalue weighted by Gasteiger charge is 2.30. The number of imidazole rings is 1. The van der Waals surface area contributed by atoms with Crippen molar-refractivity contribution in [2.45, 2.75) is 26.9 Å². The van der Waals surface area contributed by atoms with Gasteiger partial charge in [0.05, 0.1) is 6.54 Å². The third-order valence-corrected chi connectivity index (χ3v) is 6.52. The van der Waals surface area contributed by atoms with E-state index >= 15 is 0 Å². The molecule has 0 radical (unpaired) electrons. The summed E-state index contributed by atoms with van der Waals surface area (Å²) in [5, 5.41) is 0.165. The van der Waals surface area contributed by atoms with Crippen molar-refractivity contribution in [2.75, 3.05) is 11.4 Å². The highest BCUT2D eigenvalue weighted by atomic mass is 35.5. The highest BCUT2D eigenvalue weighted by molar-refractivity contribution is 6.31. The Bertz CT molecular complexity index is 1480. The molecular formula is C24H23ClFN5O2. The first-order valence-corrected chi connectivity index (χ1v) is 11.1. The molecule has 2 aromatic carbocycles. The molecule has 0 saturated carbocycles. The number of rotatable bonds is 3. The number of aryl methyl sites for hydroxylation is 2. The summed E-state index contributed by atoms with van der Waals surface area (Å²) in [5.74, 6) is 0.286. The standard InChI is InChI=1S/C24H23ClFN5O2/c1-14-7-9-16(10-8-14)29-11-15(2)12-30-20-21(27-23(29)30)28(3)24(33)31(22(20)32)13-17-18(25)5-4-6-19(17)26/h4-10,15H,11-13H2,1-3H3. The Labute approximate surface area is 194 Å². The molecule has 1 aliphatic rings. The molecule has 0 aliphatic carbocycles. The van der Waals surface area contributed by atoms with Crippen molar-refractivity contribution in [3.8, 4) is 0 Å². The molecule has 0 fully saturated rings. The Kier molecular flexibility index (Phi) is 5.12. The van der Waals surface area contributed by atoms with E-state index in [0.29, 0.717) is 23.7 Å². The van der Waals surface area contributed by atoms with Crippen LogP contribution in [0.4, 0.5) is 16.0 Å². The molecule has 1 unspecified atom stereocenters. The van der Waals surface area contributed by atoms with Gasteiger partial charge in [-0.05, 0) is 37.1 Å². The van der Waals surface area contributed by atoms with E-state index in [1.807, 2.05) is 35.8 Å². The number of hydrogen-bond donors (Lipinski definition) is 0. The van der Waals surface area contributed by atoms with Crippen molar-refractivity contribution in [2.24, 2.45) is 13.0 Å². The summed E-state index contributed by atoms with van der Waals surface area (Å²) in [6.45, 7) is 5.19. The van der Waals surface area contributed by atoms with Crippen molar-refractivity contribution < 1.29 is 4.39 Å². The molecule has 1 aliphatic heterocycles. The number of nitrogens with zero attached hydrogens (tertiary/aromatic N) is 5. The van der Waals surface area contributed by atoms with Crippen LogP contribution in [0.2, 0.25) is 5.02 Å². The van der Waals surface area contributed by atoms with Gasteiger partial charge in [0.1, 0.15) is 5.82 Å². The fourth-order valence-electron chi connectivity index (χ4n) is 4.43. The molecule has 7 nitrogen and oxygen atoms in total. The normalized spacial score (nSPS) is 15.8. The van der Waals surface area contributed by atoms with Crippen LogP contribution in [0.1, 0.15) is 18.1 Å². The van der Waals surface area contributed by atoms with Gasteiger partial charge in [-0.15, -0.1) is 0 Å². The van der Waals surface area contributed by atoms with Crippen LogP contribution in [-0.2, 0) is 20.1 Å². The second-order valence-corrected chi connectivity index (χ2v) is 9.09. The lowest BCUT2D eigenvalue weighted by Gasteiger charge is -2.33. The van der Waals surface area contributed by atoms with E-state index in [4.69, 9.17) is 16.6 Å². The van der Waals surface area contributed by atoms with Crippen LogP contribution in [0.25, 0.3) is 11.2 Å². The van der Waals surface area contributed by atoms with Crippen LogP contribution in [0.15, 0.2) is 52.1 Å². The Morgan fingerprint density at radius 2 is 1.85 bits per heavy atom. The van der Waals surface area contributed by atoms with E-state index in [9.17, 15) is 14.0 Å². The van der Waals surface area contributed by atoms with Crippen molar-refractivity contribution in [1.82, 2.24) is 18.7 Å². The van der Waals surface area contributed by atoms with Gasteiger partial charge in [0.25, 0.3) is 5.56 Å². The second kappa shape index (κ2) is 7.88. The quantitative estimate of drug-likeness (QED) is 0.459. The van der Waals surface area contributed by atoms with E-state index in [-0.39, 0.29) is 23.0 Å². The van der Waals surface area contributed by atoms with Gasteiger partial charge < -0.3 is 9.47 Å². The minimum Gasteiger partial charge on any atom is -0.312 e. The maximum absolute atomic E-state index is 14.4. The van der Waals surface area contributed by atoms with Gasteiger partial charge in [-0.25, -0.2) is 9.18 Å². The molecule has 0 saturated heterocycles. The molecular weight excluding hydrogens is 445 g/mol. The Balaban J connectivity index is 1.73. The van der Waals surface area contributed by atoms with Gasteiger partial charge in [0, 0.05) is 36.4 Å². The summed E-state index contributed by atoms with van der Waals surface area (Å²) in [6, 6.07) is 12.4. The topological polar surface area (TPSA) is 65.1 Å². The van der Waals surface area contributed by atoms with Crippen LogP contribution in [-0.4, -0.2) is 25.2 Å². The lowest BCUT2D eigenvalue weighted by Crippen LogP contribution is -2.40. The maximum atomic E-state index is 14.4. The lowest BCUT2D eigenvalue weighted by atomic mass is 10.1. The molecule has 9 heteroatoms. The zero-order valence-corrected chi connectivity index (χ0v) is 19.3. The fourth-order valence-corrected chi connectivity index (χ4v) is 4.65.